The second-order valence-corrected chi connectivity index (χ2v) is 9.86. The maximum atomic E-state index is 13.3. The number of allylic oxidation sites excluding steroid dienone is 6. The van der Waals surface area contributed by atoms with Crippen LogP contribution >= 0.6 is 0 Å². The van der Waals surface area contributed by atoms with Gasteiger partial charge in [-0.3, -0.25) is 9.59 Å². The average molecular weight is 487 g/mol. The number of rotatable bonds is 8. The van der Waals surface area contributed by atoms with E-state index in [9.17, 15) is 19.8 Å². The minimum atomic E-state index is -0.448. The van der Waals surface area contributed by atoms with Gasteiger partial charge in [0.2, 0.25) is 0 Å². The molecule has 3 rings (SSSR count). The highest BCUT2D eigenvalue weighted by Crippen LogP contribution is 2.40. The minimum Gasteiger partial charge on any atom is -0.508 e. The van der Waals surface area contributed by atoms with Gasteiger partial charge < -0.3 is 14.9 Å². The van der Waals surface area contributed by atoms with E-state index in [1.165, 1.54) is 37.0 Å². The Morgan fingerprint density at radius 3 is 2.19 bits per heavy atom. The van der Waals surface area contributed by atoms with Crippen molar-refractivity contribution < 1.29 is 24.5 Å². The first kappa shape index (κ1) is 26.7. The van der Waals surface area contributed by atoms with Gasteiger partial charge in [0.25, 0.3) is 0 Å². The zero-order valence-electron chi connectivity index (χ0n) is 21.6. The molecule has 1 aliphatic rings. The van der Waals surface area contributed by atoms with Crippen LogP contribution in [0.5, 0.6) is 17.2 Å². The summed E-state index contributed by atoms with van der Waals surface area (Å²) in [4.78, 5) is 26.6. The van der Waals surface area contributed by atoms with Crippen LogP contribution in [0.3, 0.4) is 0 Å². The van der Waals surface area contributed by atoms with E-state index in [-0.39, 0.29) is 28.2 Å². The lowest BCUT2D eigenvalue weighted by molar-refractivity contribution is -0.116. The standard InChI is InChI=1S/C31H34O5/c1-20-7-6-16-31(3,4)25(20)11-15-28(34)24(18-23-10-14-29(35)30(19-23)36-5)27(33)13-9-22-8-12-26(32)21(2)17-22/h8-15,17-19,32,35H,6-7,16H2,1-5H3/b13-9+,15-11+,24-18-. The molecule has 1 aliphatic carbocycles. The van der Waals surface area contributed by atoms with Crippen molar-refractivity contribution in [3.8, 4) is 17.2 Å². The molecule has 2 N–H and O–H groups in total. The lowest BCUT2D eigenvalue weighted by atomic mass is 9.72. The van der Waals surface area contributed by atoms with E-state index >= 15 is 0 Å². The Morgan fingerprint density at radius 1 is 0.917 bits per heavy atom. The summed E-state index contributed by atoms with van der Waals surface area (Å²) in [5, 5.41) is 19.7. The van der Waals surface area contributed by atoms with Crippen molar-refractivity contribution in [1.29, 1.82) is 0 Å². The van der Waals surface area contributed by atoms with Crippen molar-refractivity contribution >= 4 is 23.7 Å². The van der Waals surface area contributed by atoms with E-state index in [1.54, 1.807) is 43.3 Å². The highest BCUT2D eigenvalue weighted by atomic mass is 16.5. The summed E-state index contributed by atoms with van der Waals surface area (Å²) in [6.07, 6.45) is 11.0. The van der Waals surface area contributed by atoms with Crippen molar-refractivity contribution in [2.45, 2.75) is 47.0 Å². The summed E-state index contributed by atoms with van der Waals surface area (Å²) < 4.78 is 5.17. The number of hydrogen-bond acceptors (Lipinski definition) is 5. The molecule has 0 amide bonds. The zero-order chi connectivity index (χ0) is 26.5. The molecule has 0 fully saturated rings. The van der Waals surface area contributed by atoms with Gasteiger partial charge in [0.05, 0.1) is 12.7 Å². The summed E-state index contributed by atoms with van der Waals surface area (Å²) >= 11 is 0. The van der Waals surface area contributed by atoms with Crippen LogP contribution in [0.4, 0.5) is 0 Å². The van der Waals surface area contributed by atoms with Crippen LogP contribution in [0.25, 0.3) is 12.2 Å². The first-order valence-corrected chi connectivity index (χ1v) is 12.0. The SMILES string of the molecule is COc1cc(/C=C(\C(=O)/C=C/C2=C(C)CCCC2(C)C)C(=O)/C=C/c2ccc(O)c(C)c2)ccc1O. The van der Waals surface area contributed by atoms with E-state index in [4.69, 9.17) is 4.74 Å². The molecule has 0 bridgehead atoms. The normalized spacial score (nSPS) is 16.1. The number of carbonyl (C=O) groups excluding carboxylic acids is 2. The van der Waals surface area contributed by atoms with Crippen LogP contribution in [0, 0.1) is 12.3 Å². The Kier molecular flexibility index (Phi) is 8.36. The molecule has 0 spiro atoms. The third-order valence-electron chi connectivity index (χ3n) is 6.64. The van der Waals surface area contributed by atoms with Gasteiger partial charge in [0.15, 0.2) is 23.1 Å². The van der Waals surface area contributed by atoms with Gasteiger partial charge in [-0.1, -0.05) is 43.7 Å². The molecular weight excluding hydrogens is 452 g/mol. The summed E-state index contributed by atoms with van der Waals surface area (Å²) in [7, 11) is 1.44. The van der Waals surface area contributed by atoms with E-state index < -0.39 is 11.6 Å². The van der Waals surface area contributed by atoms with E-state index in [2.05, 4.69) is 20.8 Å². The molecule has 5 nitrogen and oxygen atoms in total. The average Bonchev–Trinajstić information content (AvgIpc) is 2.83. The molecule has 5 heteroatoms. The molecule has 2 aromatic carbocycles. The second kappa shape index (κ2) is 11.3. The quantitative estimate of drug-likeness (QED) is 0.245. The number of phenols is 2. The number of carbonyl (C=O) groups is 2. The first-order chi connectivity index (χ1) is 17.0. The summed E-state index contributed by atoms with van der Waals surface area (Å²) in [6.45, 7) is 8.22. The Balaban J connectivity index is 1.99. The summed E-state index contributed by atoms with van der Waals surface area (Å²) in [6, 6.07) is 9.67. The number of phenolic OH excluding ortho intramolecular Hbond substituents is 2. The third-order valence-corrected chi connectivity index (χ3v) is 6.64. The minimum absolute atomic E-state index is 0.00221. The fraction of sp³-hybridized carbons (Fsp3) is 0.290. The van der Waals surface area contributed by atoms with Gasteiger partial charge in [0.1, 0.15) is 5.75 Å². The van der Waals surface area contributed by atoms with E-state index in [1.807, 2.05) is 6.08 Å². The van der Waals surface area contributed by atoms with Crippen molar-refractivity contribution in [3.05, 3.63) is 88.0 Å². The molecule has 0 heterocycles. The largest absolute Gasteiger partial charge is 0.508 e. The number of ketones is 2. The first-order valence-electron chi connectivity index (χ1n) is 12.0. The van der Waals surface area contributed by atoms with E-state index in [0.29, 0.717) is 11.1 Å². The Labute approximate surface area is 213 Å². The number of aromatic hydroxyl groups is 2. The number of aryl methyl sites for hydroxylation is 1. The van der Waals surface area contributed by atoms with E-state index in [0.717, 1.165) is 30.4 Å². The zero-order valence-corrected chi connectivity index (χ0v) is 21.6. The van der Waals surface area contributed by atoms with Crippen molar-refractivity contribution in [2.75, 3.05) is 7.11 Å². The molecular formula is C31H34O5. The molecule has 0 atom stereocenters. The number of methoxy groups -OCH3 is 1. The van der Waals surface area contributed by atoms with Crippen LogP contribution in [-0.2, 0) is 9.59 Å². The molecule has 36 heavy (non-hydrogen) atoms. The molecule has 0 aromatic heterocycles. The topological polar surface area (TPSA) is 83.8 Å². The van der Waals surface area contributed by atoms with Crippen molar-refractivity contribution in [3.63, 3.8) is 0 Å². The van der Waals surface area contributed by atoms with Crippen LogP contribution < -0.4 is 4.74 Å². The molecule has 0 unspecified atom stereocenters. The Morgan fingerprint density at radius 2 is 1.56 bits per heavy atom. The van der Waals surface area contributed by atoms with Crippen LogP contribution in [0.1, 0.15) is 56.7 Å². The third kappa shape index (κ3) is 6.42. The van der Waals surface area contributed by atoms with Crippen LogP contribution in [0.2, 0.25) is 0 Å². The predicted octanol–water partition coefficient (Wildman–Crippen LogP) is 6.73. The van der Waals surface area contributed by atoms with Gasteiger partial charge in [-0.2, -0.15) is 0 Å². The smallest absolute Gasteiger partial charge is 0.189 e. The highest BCUT2D eigenvalue weighted by molar-refractivity contribution is 6.30. The van der Waals surface area contributed by atoms with Gasteiger partial charge in [0, 0.05) is 0 Å². The van der Waals surface area contributed by atoms with Crippen LogP contribution in [-0.4, -0.2) is 28.9 Å². The molecule has 0 aliphatic heterocycles. The summed E-state index contributed by atoms with van der Waals surface area (Å²) in [5.41, 5.74) is 4.34. The van der Waals surface area contributed by atoms with Gasteiger partial charge >= 0.3 is 0 Å². The fourth-order valence-corrected chi connectivity index (χ4v) is 4.52. The maximum absolute atomic E-state index is 13.3. The monoisotopic (exact) mass is 486 g/mol. The molecule has 0 saturated heterocycles. The second-order valence-electron chi connectivity index (χ2n) is 9.86. The van der Waals surface area contributed by atoms with Crippen LogP contribution in [0.15, 0.2) is 71.3 Å². The Hall–Kier alpha value is -3.86. The molecule has 188 valence electrons. The predicted molar refractivity (Wildman–Crippen MR) is 144 cm³/mol. The van der Waals surface area contributed by atoms with Crippen molar-refractivity contribution in [2.24, 2.45) is 5.41 Å². The molecule has 0 radical (unpaired) electrons. The number of hydrogen-bond donors (Lipinski definition) is 2. The summed E-state index contributed by atoms with van der Waals surface area (Å²) in [5.74, 6) is -0.455. The van der Waals surface area contributed by atoms with Gasteiger partial charge in [-0.25, -0.2) is 0 Å². The molecule has 2 aromatic rings. The number of benzene rings is 2. The van der Waals surface area contributed by atoms with Crippen molar-refractivity contribution in [1.82, 2.24) is 0 Å². The maximum Gasteiger partial charge on any atom is 0.189 e. The highest BCUT2D eigenvalue weighted by Gasteiger charge is 2.27. The Bertz CT molecular complexity index is 1290. The fourth-order valence-electron chi connectivity index (χ4n) is 4.52. The lowest BCUT2D eigenvalue weighted by Gasteiger charge is -2.32. The molecule has 0 saturated carbocycles. The van der Waals surface area contributed by atoms with Gasteiger partial charge in [-0.05, 0) is 103 Å². The number of ether oxygens (including phenoxy) is 1. The van der Waals surface area contributed by atoms with Gasteiger partial charge in [-0.15, -0.1) is 0 Å². The lowest BCUT2D eigenvalue weighted by Crippen LogP contribution is -2.19.